The number of aryl methyl sites for hydroxylation is 1. The molecule has 9 heteroatoms. The maximum absolute atomic E-state index is 12.2. The van der Waals surface area contributed by atoms with Crippen LogP contribution in [0.25, 0.3) is 0 Å². The van der Waals surface area contributed by atoms with Gasteiger partial charge in [0.1, 0.15) is 11.5 Å². The maximum atomic E-state index is 12.2. The highest BCUT2D eigenvalue weighted by molar-refractivity contribution is 7.90. The van der Waals surface area contributed by atoms with Crippen molar-refractivity contribution in [3.8, 4) is 11.5 Å². The zero-order chi connectivity index (χ0) is 18.6. The highest BCUT2D eigenvalue weighted by Crippen LogP contribution is 2.35. The zero-order valence-electron chi connectivity index (χ0n) is 13.8. The molecule has 0 aliphatic heterocycles. The van der Waals surface area contributed by atoms with Crippen LogP contribution in [0.2, 0.25) is 5.02 Å². The Morgan fingerprint density at radius 2 is 1.64 bits per heavy atom. The van der Waals surface area contributed by atoms with Crippen LogP contribution in [-0.2, 0) is 10.0 Å². The Balaban J connectivity index is 2.20. The van der Waals surface area contributed by atoms with Gasteiger partial charge in [-0.05, 0) is 25.1 Å². The van der Waals surface area contributed by atoms with Gasteiger partial charge in [0.2, 0.25) is 0 Å². The average Bonchev–Trinajstić information content (AvgIpc) is 2.55. The minimum absolute atomic E-state index is 0.0204. The lowest BCUT2D eigenvalue weighted by atomic mass is 10.2. The van der Waals surface area contributed by atoms with Gasteiger partial charge >= 0.3 is 6.03 Å². The number of halogens is 1. The summed E-state index contributed by atoms with van der Waals surface area (Å²) in [4.78, 5) is 12.1. The normalized spacial score (nSPS) is 10.9. The van der Waals surface area contributed by atoms with Crippen molar-refractivity contribution in [1.29, 1.82) is 0 Å². The summed E-state index contributed by atoms with van der Waals surface area (Å²) in [6.45, 7) is 1.83. The number of carbonyl (C=O) groups is 1. The molecule has 0 saturated heterocycles. The Kier molecular flexibility index (Phi) is 5.76. The summed E-state index contributed by atoms with van der Waals surface area (Å²) in [5.41, 5.74) is 1.10. The molecule has 2 aromatic rings. The van der Waals surface area contributed by atoms with Crippen LogP contribution in [0.4, 0.5) is 10.5 Å². The molecule has 0 unspecified atom stereocenters. The third-order valence-electron chi connectivity index (χ3n) is 3.28. The number of hydrogen-bond acceptors (Lipinski definition) is 5. The van der Waals surface area contributed by atoms with Gasteiger partial charge in [0.15, 0.2) is 0 Å². The van der Waals surface area contributed by atoms with E-state index in [0.717, 1.165) is 5.56 Å². The minimum Gasteiger partial charge on any atom is -0.495 e. The van der Waals surface area contributed by atoms with E-state index in [1.54, 1.807) is 12.1 Å². The molecule has 0 spiro atoms. The molecule has 25 heavy (non-hydrogen) atoms. The van der Waals surface area contributed by atoms with Crippen molar-refractivity contribution < 1.29 is 22.7 Å². The molecular formula is C16H17ClN2O5S. The van der Waals surface area contributed by atoms with E-state index in [2.05, 4.69) is 5.32 Å². The van der Waals surface area contributed by atoms with E-state index in [1.807, 2.05) is 11.6 Å². The molecule has 0 fully saturated rings. The van der Waals surface area contributed by atoms with Gasteiger partial charge in [-0.1, -0.05) is 29.3 Å². The Morgan fingerprint density at radius 3 is 2.20 bits per heavy atom. The first-order chi connectivity index (χ1) is 11.8. The van der Waals surface area contributed by atoms with E-state index >= 15 is 0 Å². The number of anilines is 1. The number of rotatable bonds is 5. The highest BCUT2D eigenvalue weighted by Gasteiger charge is 2.19. The number of urea groups is 1. The maximum Gasteiger partial charge on any atom is 0.333 e. The number of nitrogens with one attached hydrogen (secondary N) is 2. The van der Waals surface area contributed by atoms with E-state index in [9.17, 15) is 13.2 Å². The van der Waals surface area contributed by atoms with Crippen LogP contribution in [0, 0.1) is 6.92 Å². The molecule has 134 valence electrons. The zero-order valence-corrected chi connectivity index (χ0v) is 15.4. The number of hydrogen-bond donors (Lipinski definition) is 2. The number of amides is 2. The highest BCUT2D eigenvalue weighted by atomic mass is 35.5. The van der Waals surface area contributed by atoms with Gasteiger partial charge in [0.25, 0.3) is 10.0 Å². The van der Waals surface area contributed by atoms with Gasteiger partial charge in [-0.25, -0.2) is 17.9 Å². The fourth-order valence-electron chi connectivity index (χ4n) is 2.00. The summed E-state index contributed by atoms with van der Waals surface area (Å²) in [7, 11) is -1.16. The van der Waals surface area contributed by atoms with Gasteiger partial charge in [0.05, 0.1) is 29.8 Å². The quantitative estimate of drug-likeness (QED) is 0.825. The molecule has 0 aromatic heterocycles. The second-order valence-electron chi connectivity index (χ2n) is 5.06. The first kappa shape index (κ1) is 18.9. The predicted octanol–water partition coefficient (Wildman–Crippen LogP) is 3.18. The van der Waals surface area contributed by atoms with Crippen molar-refractivity contribution >= 4 is 33.3 Å². The Bertz CT molecular complexity index is 882. The first-order valence-corrected chi connectivity index (χ1v) is 8.95. The van der Waals surface area contributed by atoms with Gasteiger partial charge in [0, 0.05) is 6.07 Å². The van der Waals surface area contributed by atoms with E-state index in [0.29, 0.717) is 5.75 Å². The summed E-state index contributed by atoms with van der Waals surface area (Å²) in [5.74, 6) is 0.626. The Morgan fingerprint density at radius 1 is 1.04 bits per heavy atom. The van der Waals surface area contributed by atoms with E-state index in [4.69, 9.17) is 21.1 Å². The lowest BCUT2D eigenvalue weighted by Crippen LogP contribution is -2.34. The van der Waals surface area contributed by atoms with Gasteiger partial charge in [-0.2, -0.15) is 0 Å². The monoisotopic (exact) mass is 384 g/mol. The van der Waals surface area contributed by atoms with Crippen LogP contribution in [0.1, 0.15) is 5.56 Å². The molecule has 7 nitrogen and oxygen atoms in total. The Labute approximate surface area is 151 Å². The number of benzene rings is 2. The van der Waals surface area contributed by atoms with Crippen LogP contribution in [0.3, 0.4) is 0 Å². The third-order valence-corrected chi connectivity index (χ3v) is 4.92. The van der Waals surface area contributed by atoms with Crippen molar-refractivity contribution in [3.05, 3.63) is 47.0 Å². The van der Waals surface area contributed by atoms with Crippen molar-refractivity contribution in [2.45, 2.75) is 11.8 Å². The molecule has 2 N–H and O–H groups in total. The van der Waals surface area contributed by atoms with Crippen LogP contribution in [0.15, 0.2) is 41.3 Å². The summed E-state index contributed by atoms with van der Waals surface area (Å²) in [6, 6.07) is 8.03. The number of carbonyl (C=O) groups excluding carboxylic acids is 1. The van der Waals surface area contributed by atoms with E-state index in [1.165, 1.54) is 38.5 Å². The molecular weight excluding hydrogens is 368 g/mol. The molecule has 0 radical (unpaired) electrons. The predicted molar refractivity (Wildman–Crippen MR) is 95.1 cm³/mol. The number of sulfonamides is 1. The van der Waals surface area contributed by atoms with E-state index < -0.39 is 16.1 Å². The summed E-state index contributed by atoms with van der Waals surface area (Å²) >= 11 is 6.02. The molecule has 2 aromatic carbocycles. The second-order valence-corrected chi connectivity index (χ2v) is 7.15. The lowest BCUT2D eigenvalue weighted by Gasteiger charge is -2.14. The summed E-state index contributed by atoms with van der Waals surface area (Å²) < 4.78 is 36.6. The molecule has 0 aliphatic rings. The number of ether oxygens (including phenoxy) is 2. The largest absolute Gasteiger partial charge is 0.495 e. The molecule has 0 bridgehead atoms. The lowest BCUT2D eigenvalue weighted by molar-refractivity contribution is 0.256. The van der Waals surface area contributed by atoms with Gasteiger partial charge in [-0.3, -0.25) is 0 Å². The first-order valence-electron chi connectivity index (χ1n) is 7.09. The third kappa shape index (κ3) is 4.55. The van der Waals surface area contributed by atoms with Crippen molar-refractivity contribution in [2.24, 2.45) is 0 Å². The van der Waals surface area contributed by atoms with E-state index in [-0.39, 0.29) is 21.4 Å². The van der Waals surface area contributed by atoms with Crippen LogP contribution >= 0.6 is 11.6 Å². The van der Waals surface area contributed by atoms with Crippen LogP contribution in [-0.4, -0.2) is 28.7 Å². The Hall–Kier alpha value is -2.45. The molecule has 0 saturated carbocycles. The molecule has 0 aliphatic carbocycles. The SMILES string of the molecule is COc1cc(OC)c(NC(=O)NS(=O)(=O)c2ccc(C)cc2)cc1Cl. The van der Waals surface area contributed by atoms with Crippen molar-refractivity contribution in [3.63, 3.8) is 0 Å². The van der Waals surface area contributed by atoms with Gasteiger partial charge in [-0.15, -0.1) is 0 Å². The molecule has 0 atom stereocenters. The molecule has 2 amide bonds. The van der Waals surface area contributed by atoms with Crippen molar-refractivity contribution in [1.82, 2.24) is 4.72 Å². The standard InChI is InChI=1S/C16H17ClN2O5S/c1-10-4-6-11(7-5-10)25(21,22)19-16(20)18-13-8-12(17)14(23-2)9-15(13)24-3/h4-9H,1-3H3,(H2,18,19,20). The fourth-order valence-corrected chi connectivity index (χ4v) is 3.15. The fraction of sp³-hybridized carbons (Fsp3) is 0.188. The smallest absolute Gasteiger partial charge is 0.333 e. The summed E-state index contributed by atoms with van der Waals surface area (Å²) in [6.07, 6.45) is 0. The average molecular weight is 385 g/mol. The van der Waals surface area contributed by atoms with Crippen LogP contribution < -0.4 is 19.5 Å². The topological polar surface area (TPSA) is 93.7 Å². The molecule has 2 rings (SSSR count). The van der Waals surface area contributed by atoms with Crippen molar-refractivity contribution in [2.75, 3.05) is 19.5 Å². The summed E-state index contributed by atoms with van der Waals surface area (Å²) in [5, 5.41) is 2.63. The number of methoxy groups -OCH3 is 2. The minimum atomic E-state index is -4.00. The molecule has 0 heterocycles. The van der Waals surface area contributed by atoms with Gasteiger partial charge < -0.3 is 14.8 Å². The van der Waals surface area contributed by atoms with Crippen LogP contribution in [0.5, 0.6) is 11.5 Å². The second kappa shape index (κ2) is 7.62.